The Kier molecular flexibility index (Phi) is 7.92. The average molecular weight is 395 g/mol. The van der Waals surface area contributed by atoms with Crippen molar-refractivity contribution in [1.82, 2.24) is 20.4 Å². The van der Waals surface area contributed by atoms with E-state index in [4.69, 9.17) is 0 Å². The van der Waals surface area contributed by atoms with E-state index >= 15 is 0 Å². The number of hydrogen-bond acceptors (Lipinski definition) is 3. The van der Waals surface area contributed by atoms with E-state index in [2.05, 4.69) is 29.7 Å². The summed E-state index contributed by atoms with van der Waals surface area (Å²) < 4.78 is 0. The number of rotatable bonds is 5. The minimum Gasteiger partial charge on any atom is -0.338 e. The van der Waals surface area contributed by atoms with E-state index in [0.29, 0.717) is 25.4 Å². The molecule has 2 aliphatic rings. The number of likely N-dealkylation sites (tertiary alicyclic amines) is 2. The van der Waals surface area contributed by atoms with Crippen LogP contribution in [0.1, 0.15) is 30.4 Å². The Labute approximate surface area is 168 Å². The molecule has 2 fully saturated rings. The number of urea groups is 1. The molecule has 0 aliphatic carbocycles. The van der Waals surface area contributed by atoms with Gasteiger partial charge in [-0.05, 0) is 38.3 Å². The Morgan fingerprint density at radius 3 is 2.85 bits per heavy atom. The molecule has 2 N–H and O–H groups in total. The molecule has 7 heteroatoms. The number of fused-ring (bicyclic) bond motifs is 1. The molecule has 27 heavy (non-hydrogen) atoms. The predicted octanol–water partition coefficient (Wildman–Crippen LogP) is 2.16. The van der Waals surface area contributed by atoms with Gasteiger partial charge in [0, 0.05) is 45.2 Å². The van der Waals surface area contributed by atoms with Crippen molar-refractivity contribution >= 4 is 24.3 Å². The number of piperidine rings is 2. The lowest BCUT2D eigenvalue weighted by Crippen LogP contribution is -2.58. The second kappa shape index (κ2) is 9.95. The van der Waals surface area contributed by atoms with Gasteiger partial charge in [0.15, 0.2) is 0 Å². The maximum Gasteiger partial charge on any atom is 0.317 e. The number of halogens is 1. The van der Waals surface area contributed by atoms with Crippen molar-refractivity contribution in [2.24, 2.45) is 5.92 Å². The molecule has 150 valence electrons. The van der Waals surface area contributed by atoms with Gasteiger partial charge in [0.1, 0.15) is 0 Å². The molecule has 0 aromatic heterocycles. The minimum absolute atomic E-state index is 0. The molecule has 0 unspecified atom stereocenters. The molecule has 1 aromatic rings. The highest BCUT2D eigenvalue weighted by molar-refractivity contribution is 5.85. The molecule has 0 spiro atoms. The summed E-state index contributed by atoms with van der Waals surface area (Å²) >= 11 is 0. The lowest BCUT2D eigenvalue weighted by atomic mass is 9.83. The maximum atomic E-state index is 12.6. The van der Waals surface area contributed by atoms with Crippen molar-refractivity contribution in [3.8, 4) is 0 Å². The third-order valence-electron chi connectivity index (χ3n) is 5.56. The highest BCUT2D eigenvalue weighted by Crippen LogP contribution is 2.31. The van der Waals surface area contributed by atoms with Crippen molar-refractivity contribution in [1.29, 1.82) is 0 Å². The Morgan fingerprint density at radius 2 is 2.11 bits per heavy atom. The number of nitrogens with zero attached hydrogens (tertiary/aromatic N) is 2. The highest BCUT2D eigenvalue weighted by atomic mass is 35.5. The van der Waals surface area contributed by atoms with Gasteiger partial charge in [0.2, 0.25) is 5.91 Å². The summed E-state index contributed by atoms with van der Waals surface area (Å²) in [5.74, 6) is 0.655. The number of carbonyl (C=O) groups excluding carboxylic acids is 2. The number of amides is 3. The van der Waals surface area contributed by atoms with E-state index in [9.17, 15) is 9.59 Å². The van der Waals surface area contributed by atoms with E-state index < -0.39 is 0 Å². The third kappa shape index (κ3) is 5.36. The van der Waals surface area contributed by atoms with Crippen molar-refractivity contribution < 1.29 is 9.59 Å². The van der Waals surface area contributed by atoms with Gasteiger partial charge in [-0.3, -0.25) is 4.79 Å². The average Bonchev–Trinajstić information content (AvgIpc) is 2.65. The van der Waals surface area contributed by atoms with Crippen molar-refractivity contribution in [3.63, 3.8) is 0 Å². The number of likely N-dealkylation sites (N-methyl/N-ethyl adjacent to an activating group) is 1. The second-order valence-corrected chi connectivity index (χ2v) is 7.44. The molecule has 2 aliphatic heterocycles. The van der Waals surface area contributed by atoms with Gasteiger partial charge >= 0.3 is 6.03 Å². The lowest BCUT2D eigenvalue weighted by Gasteiger charge is -2.47. The van der Waals surface area contributed by atoms with Gasteiger partial charge in [-0.2, -0.15) is 0 Å². The number of aryl methyl sites for hydroxylation is 1. The highest BCUT2D eigenvalue weighted by Gasteiger charge is 2.39. The fourth-order valence-corrected chi connectivity index (χ4v) is 4.17. The molecule has 6 nitrogen and oxygen atoms in total. The van der Waals surface area contributed by atoms with Gasteiger partial charge in [0.05, 0.1) is 0 Å². The van der Waals surface area contributed by atoms with Crippen LogP contribution < -0.4 is 10.6 Å². The van der Waals surface area contributed by atoms with Crippen LogP contribution in [0, 0.1) is 12.8 Å². The van der Waals surface area contributed by atoms with Crippen LogP contribution in [-0.4, -0.2) is 61.0 Å². The van der Waals surface area contributed by atoms with Gasteiger partial charge in [0.25, 0.3) is 0 Å². The van der Waals surface area contributed by atoms with Crippen LogP contribution in [-0.2, 0) is 11.3 Å². The van der Waals surface area contributed by atoms with Crippen LogP contribution in [0.3, 0.4) is 0 Å². The third-order valence-corrected chi connectivity index (χ3v) is 5.56. The zero-order valence-electron chi connectivity index (χ0n) is 16.2. The normalized spacial score (nSPS) is 22.1. The first-order valence-corrected chi connectivity index (χ1v) is 9.61. The topological polar surface area (TPSA) is 64.7 Å². The van der Waals surface area contributed by atoms with E-state index in [1.807, 2.05) is 29.0 Å². The summed E-state index contributed by atoms with van der Waals surface area (Å²) in [7, 11) is 1.91. The SMILES string of the molecule is CNCCN1C(=O)CC[C@H]2CN(C(=O)NCc3cccc(C)c3)CC[C@H]21.Cl. The summed E-state index contributed by atoms with van der Waals surface area (Å²) in [6, 6.07) is 8.49. The van der Waals surface area contributed by atoms with E-state index in [0.717, 1.165) is 38.0 Å². The maximum absolute atomic E-state index is 12.6. The van der Waals surface area contributed by atoms with Crippen LogP contribution in [0.25, 0.3) is 0 Å². The number of benzene rings is 1. The number of carbonyl (C=O) groups is 2. The molecule has 2 saturated heterocycles. The first-order valence-electron chi connectivity index (χ1n) is 9.61. The monoisotopic (exact) mass is 394 g/mol. The summed E-state index contributed by atoms with van der Waals surface area (Å²) in [6.45, 7) is 5.64. The smallest absolute Gasteiger partial charge is 0.317 e. The van der Waals surface area contributed by atoms with Crippen LogP contribution in [0.2, 0.25) is 0 Å². The van der Waals surface area contributed by atoms with E-state index in [1.165, 1.54) is 5.56 Å². The summed E-state index contributed by atoms with van der Waals surface area (Å²) in [5, 5.41) is 6.17. The fraction of sp³-hybridized carbons (Fsp3) is 0.600. The lowest BCUT2D eigenvalue weighted by molar-refractivity contribution is -0.140. The Balaban J connectivity index is 0.00000261. The molecule has 3 amide bonds. The summed E-state index contributed by atoms with van der Waals surface area (Å²) in [4.78, 5) is 28.8. The summed E-state index contributed by atoms with van der Waals surface area (Å²) in [5.41, 5.74) is 2.32. The van der Waals surface area contributed by atoms with Crippen LogP contribution in [0.4, 0.5) is 4.79 Å². The standard InChI is InChI=1S/C20H30N4O2.ClH/c1-15-4-3-5-16(12-15)13-22-20(26)23-10-8-18-17(14-23)6-7-19(25)24(18)11-9-21-2;/h3-5,12,17-18,21H,6-11,13-14H2,1-2H3,(H,22,26);1H/t17-,18+;/m0./s1. The van der Waals surface area contributed by atoms with Gasteiger partial charge < -0.3 is 20.4 Å². The number of hydrogen-bond donors (Lipinski definition) is 2. The zero-order valence-corrected chi connectivity index (χ0v) is 17.1. The van der Waals surface area contributed by atoms with Crippen molar-refractivity contribution in [2.75, 3.05) is 33.2 Å². The van der Waals surface area contributed by atoms with Crippen molar-refractivity contribution in [2.45, 2.75) is 38.8 Å². The molecule has 2 heterocycles. The molecular weight excluding hydrogens is 364 g/mol. The molecule has 0 bridgehead atoms. The van der Waals surface area contributed by atoms with Crippen LogP contribution in [0.5, 0.6) is 0 Å². The van der Waals surface area contributed by atoms with Crippen molar-refractivity contribution in [3.05, 3.63) is 35.4 Å². The quantitative estimate of drug-likeness (QED) is 0.804. The predicted molar refractivity (Wildman–Crippen MR) is 109 cm³/mol. The fourth-order valence-electron chi connectivity index (χ4n) is 4.17. The largest absolute Gasteiger partial charge is 0.338 e. The first kappa shape index (κ1) is 21.5. The van der Waals surface area contributed by atoms with Gasteiger partial charge in [-0.15, -0.1) is 12.4 Å². The molecule has 0 radical (unpaired) electrons. The summed E-state index contributed by atoms with van der Waals surface area (Å²) in [6.07, 6.45) is 2.36. The molecule has 2 atom stereocenters. The van der Waals surface area contributed by atoms with Crippen LogP contribution in [0.15, 0.2) is 24.3 Å². The van der Waals surface area contributed by atoms with E-state index in [1.54, 1.807) is 0 Å². The zero-order chi connectivity index (χ0) is 18.5. The Bertz CT molecular complexity index is 655. The molecule has 0 saturated carbocycles. The van der Waals surface area contributed by atoms with Gasteiger partial charge in [-0.1, -0.05) is 29.8 Å². The Morgan fingerprint density at radius 1 is 1.30 bits per heavy atom. The number of nitrogens with one attached hydrogen (secondary N) is 2. The van der Waals surface area contributed by atoms with Gasteiger partial charge in [-0.25, -0.2) is 4.79 Å². The van der Waals surface area contributed by atoms with Crippen LogP contribution >= 0.6 is 12.4 Å². The first-order chi connectivity index (χ1) is 12.6. The minimum atomic E-state index is 0. The molecule has 3 rings (SSSR count). The van der Waals surface area contributed by atoms with E-state index in [-0.39, 0.29) is 30.4 Å². The molecular formula is C20H31ClN4O2. The second-order valence-electron chi connectivity index (χ2n) is 7.44. The molecule has 1 aromatic carbocycles. The Hall–Kier alpha value is -1.79.